The van der Waals surface area contributed by atoms with Gasteiger partial charge in [-0.1, -0.05) is 23.2 Å². The van der Waals surface area contributed by atoms with Gasteiger partial charge in [-0.3, -0.25) is 4.79 Å². The van der Waals surface area contributed by atoms with E-state index in [0.29, 0.717) is 17.3 Å². The topological polar surface area (TPSA) is 80.3 Å². The number of ether oxygens (including phenoxy) is 1. The van der Waals surface area contributed by atoms with E-state index in [1.165, 1.54) is 24.0 Å². The molecule has 1 aromatic heterocycles. The standard InChI is InChI=1S/C14H19Cl2N3O3S/c1-14(2,3)22-13(21)17-4-5-23-8-11(20)19-12-10(16)6-9(15)7-18-12/h6-7H,4-5,8H2,1-3H3,(H,17,21)(H,18,19,20). The molecular formula is C14H19Cl2N3O3S. The summed E-state index contributed by atoms with van der Waals surface area (Å²) >= 11 is 13.0. The predicted octanol–water partition coefficient (Wildman–Crippen LogP) is 3.58. The number of pyridine rings is 1. The number of aromatic nitrogens is 1. The van der Waals surface area contributed by atoms with E-state index in [2.05, 4.69) is 15.6 Å². The van der Waals surface area contributed by atoms with Crippen LogP contribution in [0.15, 0.2) is 12.3 Å². The Kier molecular flexibility index (Phi) is 7.94. The Morgan fingerprint density at radius 1 is 1.35 bits per heavy atom. The van der Waals surface area contributed by atoms with Crippen LogP contribution in [0.25, 0.3) is 0 Å². The van der Waals surface area contributed by atoms with Crippen molar-refractivity contribution in [2.75, 3.05) is 23.4 Å². The summed E-state index contributed by atoms with van der Waals surface area (Å²) in [6.45, 7) is 5.79. The molecule has 128 valence electrons. The van der Waals surface area contributed by atoms with Gasteiger partial charge in [0, 0.05) is 18.5 Å². The highest BCUT2D eigenvalue weighted by atomic mass is 35.5. The summed E-state index contributed by atoms with van der Waals surface area (Å²) in [6.07, 6.45) is 0.931. The number of nitrogens with zero attached hydrogens (tertiary/aromatic N) is 1. The molecule has 1 rings (SSSR count). The second-order valence-corrected chi connectivity index (χ2v) is 7.46. The number of alkyl carbamates (subject to hydrolysis) is 1. The maximum absolute atomic E-state index is 11.8. The van der Waals surface area contributed by atoms with Gasteiger partial charge in [-0.2, -0.15) is 11.8 Å². The van der Waals surface area contributed by atoms with Crippen LogP contribution >= 0.6 is 35.0 Å². The largest absolute Gasteiger partial charge is 0.444 e. The minimum atomic E-state index is -0.526. The van der Waals surface area contributed by atoms with Crippen LogP contribution in [0.1, 0.15) is 20.8 Å². The minimum absolute atomic E-state index is 0.219. The normalized spacial score (nSPS) is 11.0. The quantitative estimate of drug-likeness (QED) is 0.738. The molecule has 9 heteroatoms. The van der Waals surface area contributed by atoms with Crippen LogP contribution < -0.4 is 10.6 Å². The lowest BCUT2D eigenvalue weighted by Gasteiger charge is -2.19. The number of carbonyl (C=O) groups excluding carboxylic acids is 2. The van der Waals surface area contributed by atoms with Crippen molar-refractivity contribution in [2.45, 2.75) is 26.4 Å². The van der Waals surface area contributed by atoms with E-state index in [1.807, 2.05) is 0 Å². The highest BCUT2D eigenvalue weighted by molar-refractivity contribution is 7.99. The molecule has 2 amide bonds. The number of nitrogens with one attached hydrogen (secondary N) is 2. The lowest BCUT2D eigenvalue weighted by atomic mass is 10.2. The first-order valence-electron chi connectivity index (χ1n) is 6.83. The zero-order valence-electron chi connectivity index (χ0n) is 13.1. The smallest absolute Gasteiger partial charge is 0.407 e. The molecule has 1 heterocycles. The number of halogens is 2. The molecule has 0 saturated heterocycles. The van der Waals surface area contributed by atoms with Crippen molar-refractivity contribution in [1.82, 2.24) is 10.3 Å². The monoisotopic (exact) mass is 379 g/mol. The number of rotatable bonds is 6. The summed E-state index contributed by atoms with van der Waals surface area (Å²) in [5.41, 5.74) is -0.526. The van der Waals surface area contributed by atoms with Crippen LogP contribution in [0.4, 0.5) is 10.6 Å². The number of anilines is 1. The SMILES string of the molecule is CC(C)(C)OC(=O)NCCSCC(=O)Nc1ncc(Cl)cc1Cl. The van der Waals surface area contributed by atoms with Gasteiger partial charge in [0.15, 0.2) is 5.82 Å². The summed E-state index contributed by atoms with van der Waals surface area (Å²) in [5, 5.41) is 5.89. The maximum Gasteiger partial charge on any atom is 0.407 e. The van der Waals surface area contributed by atoms with E-state index in [9.17, 15) is 9.59 Å². The minimum Gasteiger partial charge on any atom is -0.444 e. The second-order valence-electron chi connectivity index (χ2n) is 5.51. The molecule has 0 spiro atoms. The van der Waals surface area contributed by atoms with E-state index < -0.39 is 11.7 Å². The van der Waals surface area contributed by atoms with E-state index in [4.69, 9.17) is 27.9 Å². The predicted molar refractivity (Wildman–Crippen MR) is 94.4 cm³/mol. The average Bonchev–Trinajstić information content (AvgIpc) is 2.39. The van der Waals surface area contributed by atoms with Gasteiger partial charge in [0.1, 0.15) is 5.60 Å². The van der Waals surface area contributed by atoms with Crippen LogP contribution in [0.3, 0.4) is 0 Å². The molecule has 0 unspecified atom stereocenters. The summed E-state index contributed by atoms with van der Waals surface area (Å²) in [7, 11) is 0. The summed E-state index contributed by atoms with van der Waals surface area (Å²) in [4.78, 5) is 27.1. The summed E-state index contributed by atoms with van der Waals surface area (Å²) in [6, 6.07) is 1.50. The van der Waals surface area contributed by atoms with Crippen LogP contribution in [0, 0.1) is 0 Å². The van der Waals surface area contributed by atoms with Gasteiger partial charge in [-0.15, -0.1) is 0 Å². The fraction of sp³-hybridized carbons (Fsp3) is 0.500. The first kappa shape index (κ1) is 19.9. The van der Waals surface area contributed by atoms with Crippen molar-refractivity contribution >= 4 is 52.8 Å². The van der Waals surface area contributed by atoms with E-state index in [0.717, 1.165) is 0 Å². The Morgan fingerprint density at radius 3 is 2.65 bits per heavy atom. The zero-order chi connectivity index (χ0) is 17.5. The van der Waals surface area contributed by atoms with Crippen LogP contribution in [0.2, 0.25) is 10.0 Å². The van der Waals surface area contributed by atoms with Crippen molar-refractivity contribution in [3.05, 3.63) is 22.3 Å². The van der Waals surface area contributed by atoms with Crippen LogP contribution in [-0.4, -0.2) is 40.6 Å². The van der Waals surface area contributed by atoms with Crippen LogP contribution in [-0.2, 0) is 9.53 Å². The van der Waals surface area contributed by atoms with Gasteiger partial charge >= 0.3 is 6.09 Å². The Balaban J connectivity index is 2.21. The van der Waals surface area contributed by atoms with Gasteiger partial charge < -0.3 is 15.4 Å². The molecule has 0 aliphatic heterocycles. The lowest BCUT2D eigenvalue weighted by molar-refractivity contribution is -0.113. The molecule has 0 atom stereocenters. The molecule has 0 bridgehead atoms. The van der Waals surface area contributed by atoms with Gasteiger partial charge in [-0.05, 0) is 26.8 Å². The number of hydrogen-bond donors (Lipinski definition) is 2. The fourth-order valence-corrected chi connectivity index (χ4v) is 2.45. The Hall–Kier alpha value is -1.18. The molecule has 0 saturated carbocycles. The molecule has 6 nitrogen and oxygen atoms in total. The van der Waals surface area contributed by atoms with Gasteiger partial charge in [0.2, 0.25) is 5.91 Å². The fourth-order valence-electron chi connectivity index (χ4n) is 1.38. The molecule has 2 N–H and O–H groups in total. The lowest BCUT2D eigenvalue weighted by Crippen LogP contribution is -2.33. The summed E-state index contributed by atoms with van der Waals surface area (Å²) < 4.78 is 5.09. The number of amides is 2. The number of carbonyl (C=O) groups is 2. The van der Waals surface area contributed by atoms with Crippen molar-refractivity contribution in [3.63, 3.8) is 0 Å². The van der Waals surface area contributed by atoms with E-state index in [1.54, 1.807) is 20.8 Å². The molecular weight excluding hydrogens is 361 g/mol. The van der Waals surface area contributed by atoms with Gasteiger partial charge in [0.25, 0.3) is 0 Å². The zero-order valence-corrected chi connectivity index (χ0v) is 15.4. The molecule has 0 fully saturated rings. The molecule has 0 aliphatic rings. The number of thioether (sulfide) groups is 1. The van der Waals surface area contributed by atoms with Crippen molar-refractivity contribution in [1.29, 1.82) is 0 Å². The first-order valence-corrected chi connectivity index (χ1v) is 8.74. The first-order chi connectivity index (χ1) is 10.7. The van der Waals surface area contributed by atoms with Crippen LogP contribution in [0.5, 0.6) is 0 Å². The third kappa shape index (κ3) is 8.88. The van der Waals surface area contributed by atoms with E-state index in [-0.39, 0.29) is 22.5 Å². The molecule has 0 aromatic carbocycles. The molecule has 0 aliphatic carbocycles. The Labute approximate surface area is 149 Å². The Morgan fingerprint density at radius 2 is 2.04 bits per heavy atom. The van der Waals surface area contributed by atoms with Crippen molar-refractivity contribution in [2.24, 2.45) is 0 Å². The molecule has 0 radical (unpaired) electrons. The van der Waals surface area contributed by atoms with Gasteiger partial charge in [0.05, 0.1) is 15.8 Å². The third-order valence-electron chi connectivity index (χ3n) is 2.21. The average molecular weight is 380 g/mol. The van der Waals surface area contributed by atoms with Gasteiger partial charge in [-0.25, -0.2) is 9.78 Å². The number of hydrogen-bond acceptors (Lipinski definition) is 5. The highest BCUT2D eigenvalue weighted by Crippen LogP contribution is 2.22. The van der Waals surface area contributed by atoms with E-state index >= 15 is 0 Å². The maximum atomic E-state index is 11.8. The third-order valence-corrected chi connectivity index (χ3v) is 3.67. The van der Waals surface area contributed by atoms with Crippen molar-refractivity contribution < 1.29 is 14.3 Å². The molecule has 23 heavy (non-hydrogen) atoms. The Bertz CT molecular complexity index is 565. The summed E-state index contributed by atoms with van der Waals surface area (Å²) in [5.74, 6) is 0.836. The highest BCUT2D eigenvalue weighted by Gasteiger charge is 2.15. The molecule has 1 aromatic rings. The van der Waals surface area contributed by atoms with Crippen molar-refractivity contribution in [3.8, 4) is 0 Å². The second kappa shape index (κ2) is 9.20.